The maximum absolute atomic E-state index is 12.8. The second-order valence-corrected chi connectivity index (χ2v) is 6.00. The van der Waals surface area contributed by atoms with Crippen molar-refractivity contribution in [3.63, 3.8) is 0 Å². The van der Waals surface area contributed by atoms with Crippen molar-refractivity contribution in [2.45, 2.75) is 19.2 Å². The summed E-state index contributed by atoms with van der Waals surface area (Å²) in [5, 5.41) is 2.29. The normalized spacial score (nSPS) is 12.0. The number of amides is 1. The molecule has 0 fully saturated rings. The Morgan fingerprint density at radius 1 is 0.967 bits per heavy atom. The van der Waals surface area contributed by atoms with Crippen LogP contribution in [0.3, 0.4) is 0 Å². The van der Waals surface area contributed by atoms with Gasteiger partial charge in [0.1, 0.15) is 5.56 Å². The van der Waals surface area contributed by atoms with Crippen molar-refractivity contribution in [2.24, 2.45) is 0 Å². The molecule has 0 aliphatic heterocycles. The number of anilines is 1. The first-order chi connectivity index (χ1) is 14.1. The summed E-state index contributed by atoms with van der Waals surface area (Å²) in [6.45, 7) is 1.29. The minimum Gasteiger partial charge on any atom is -0.493 e. The second-order valence-electron chi connectivity index (χ2n) is 6.00. The van der Waals surface area contributed by atoms with Gasteiger partial charge < -0.3 is 24.3 Å². The molecule has 0 saturated heterocycles. The van der Waals surface area contributed by atoms with E-state index in [4.69, 9.17) is 18.9 Å². The largest absolute Gasteiger partial charge is 0.493 e. The Balaban J connectivity index is 2.15. The summed E-state index contributed by atoms with van der Waals surface area (Å²) in [4.78, 5) is 24.8. The summed E-state index contributed by atoms with van der Waals surface area (Å²) in [5.41, 5.74) is -1.02. The number of halogens is 3. The number of rotatable bonds is 7. The zero-order valence-electron chi connectivity index (χ0n) is 16.6. The minimum absolute atomic E-state index is 0.0196. The average molecular weight is 427 g/mol. The highest BCUT2D eigenvalue weighted by Gasteiger charge is 2.31. The van der Waals surface area contributed by atoms with Gasteiger partial charge in [-0.25, -0.2) is 4.79 Å². The number of carbonyl (C=O) groups is 2. The summed E-state index contributed by atoms with van der Waals surface area (Å²) < 4.78 is 59.0. The molecule has 2 aromatic rings. The van der Waals surface area contributed by atoms with Gasteiger partial charge in [-0.15, -0.1) is 0 Å². The third kappa shape index (κ3) is 5.13. The quantitative estimate of drug-likeness (QED) is 0.675. The molecule has 1 amide bonds. The van der Waals surface area contributed by atoms with Crippen LogP contribution in [0.5, 0.6) is 17.2 Å². The van der Waals surface area contributed by atoms with E-state index in [1.807, 2.05) is 0 Å². The van der Waals surface area contributed by atoms with Gasteiger partial charge in [0.25, 0.3) is 5.91 Å². The van der Waals surface area contributed by atoms with Gasteiger partial charge in [-0.3, -0.25) is 4.79 Å². The molecule has 30 heavy (non-hydrogen) atoms. The third-order valence-corrected chi connectivity index (χ3v) is 4.03. The summed E-state index contributed by atoms with van der Waals surface area (Å²) >= 11 is 0. The zero-order valence-corrected chi connectivity index (χ0v) is 16.6. The highest BCUT2D eigenvalue weighted by atomic mass is 19.4. The van der Waals surface area contributed by atoms with Gasteiger partial charge >= 0.3 is 12.1 Å². The van der Waals surface area contributed by atoms with Crippen molar-refractivity contribution in [1.82, 2.24) is 0 Å². The van der Waals surface area contributed by atoms with Gasteiger partial charge in [-0.1, -0.05) is 6.07 Å². The van der Waals surface area contributed by atoms with E-state index in [-0.39, 0.29) is 22.7 Å². The number of nitrogens with one attached hydrogen (secondary N) is 1. The summed E-state index contributed by atoms with van der Waals surface area (Å²) in [6.07, 6.45) is -5.85. The Kier molecular flexibility index (Phi) is 7.14. The van der Waals surface area contributed by atoms with Crippen LogP contribution in [0.25, 0.3) is 0 Å². The monoisotopic (exact) mass is 427 g/mol. The molecule has 7 nitrogen and oxygen atoms in total. The predicted octanol–water partition coefficient (Wildman–Crippen LogP) is 3.92. The third-order valence-electron chi connectivity index (χ3n) is 4.03. The van der Waals surface area contributed by atoms with E-state index < -0.39 is 29.7 Å². The molecule has 2 rings (SSSR count). The van der Waals surface area contributed by atoms with Crippen LogP contribution >= 0.6 is 0 Å². The SMILES string of the molecule is COc1ccc(C(=O)O[C@H](C)C(=O)Nc2cccc(C(F)(F)F)c2)c(OC)c1OC. The molecular weight excluding hydrogens is 407 g/mol. The summed E-state index contributed by atoms with van der Waals surface area (Å²) in [7, 11) is 4.09. The van der Waals surface area contributed by atoms with Crippen LogP contribution in [-0.4, -0.2) is 39.3 Å². The van der Waals surface area contributed by atoms with E-state index in [0.717, 1.165) is 18.2 Å². The van der Waals surface area contributed by atoms with Crippen LogP contribution in [0, 0.1) is 0 Å². The van der Waals surface area contributed by atoms with Crippen LogP contribution in [-0.2, 0) is 15.7 Å². The van der Waals surface area contributed by atoms with E-state index in [1.165, 1.54) is 46.5 Å². The molecule has 0 aliphatic rings. The van der Waals surface area contributed by atoms with E-state index in [2.05, 4.69) is 5.32 Å². The number of hydrogen-bond donors (Lipinski definition) is 1. The van der Waals surface area contributed by atoms with Crippen molar-refractivity contribution in [2.75, 3.05) is 26.6 Å². The first kappa shape index (κ1) is 22.9. The highest BCUT2D eigenvalue weighted by Crippen LogP contribution is 2.40. The van der Waals surface area contributed by atoms with Crippen molar-refractivity contribution in [1.29, 1.82) is 0 Å². The number of ether oxygens (including phenoxy) is 4. The number of benzene rings is 2. The van der Waals surface area contributed by atoms with Crippen molar-refractivity contribution in [3.8, 4) is 17.2 Å². The predicted molar refractivity (Wildman–Crippen MR) is 101 cm³/mol. The Morgan fingerprint density at radius 2 is 1.63 bits per heavy atom. The molecule has 2 aromatic carbocycles. The highest BCUT2D eigenvalue weighted by molar-refractivity contribution is 5.99. The van der Waals surface area contributed by atoms with Crippen molar-refractivity contribution < 1.29 is 41.7 Å². The van der Waals surface area contributed by atoms with Gasteiger partial charge in [0.2, 0.25) is 5.75 Å². The fourth-order valence-electron chi connectivity index (χ4n) is 2.56. The molecule has 0 heterocycles. The maximum Gasteiger partial charge on any atom is 0.416 e. The van der Waals surface area contributed by atoms with Gasteiger partial charge in [-0.05, 0) is 37.3 Å². The number of hydrogen-bond acceptors (Lipinski definition) is 6. The number of methoxy groups -OCH3 is 3. The molecule has 0 aliphatic carbocycles. The van der Waals surface area contributed by atoms with E-state index in [0.29, 0.717) is 5.75 Å². The van der Waals surface area contributed by atoms with Crippen LogP contribution in [0.4, 0.5) is 18.9 Å². The van der Waals surface area contributed by atoms with Gasteiger partial charge in [-0.2, -0.15) is 13.2 Å². The molecule has 1 N–H and O–H groups in total. The number of esters is 1. The Morgan fingerprint density at radius 3 is 2.20 bits per heavy atom. The molecule has 0 spiro atoms. The molecule has 162 valence electrons. The van der Waals surface area contributed by atoms with Crippen molar-refractivity contribution >= 4 is 17.6 Å². The minimum atomic E-state index is -4.55. The second kappa shape index (κ2) is 9.38. The van der Waals surface area contributed by atoms with Gasteiger partial charge in [0.15, 0.2) is 17.6 Å². The molecule has 0 radical (unpaired) electrons. The Bertz CT molecular complexity index is 929. The summed E-state index contributed by atoms with van der Waals surface area (Å²) in [5.74, 6) is -1.16. The molecule has 0 aromatic heterocycles. The standard InChI is InChI=1S/C20H20F3NO6/c1-11(18(25)24-13-7-5-6-12(10-13)20(21,22)23)30-19(26)14-8-9-15(27-2)17(29-4)16(14)28-3/h5-11H,1-4H3,(H,24,25)/t11-/m1/s1. The summed E-state index contributed by atoms with van der Waals surface area (Å²) in [6, 6.07) is 6.94. The lowest BCUT2D eigenvalue weighted by atomic mass is 10.1. The first-order valence-electron chi connectivity index (χ1n) is 8.60. The molecule has 0 saturated carbocycles. The number of carbonyl (C=O) groups excluding carboxylic acids is 2. The van der Waals surface area contributed by atoms with Crippen LogP contribution in [0.1, 0.15) is 22.8 Å². The maximum atomic E-state index is 12.8. The molecule has 0 unspecified atom stereocenters. The van der Waals surface area contributed by atoms with Gasteiger partial charge in [0, 0.05) is 5.69 Å². The lowest BCUT2D eigenvalue weighted by Gasteiger charge is -2.17. The molecule has 0 bridgehead atoms. The van der Waals surface area contributed by atoms with Crippen LogP contribution < -0.4 is 19.5 Å². The lowest BCUT2D eigenvalue weighted by Crippen LogP contribution is -2.30. The first-order valence-corrected chi connectivity index (χ1v) is 8.60. The van der Waals surface area contributed by atoms with Crippen LogP contribution in [0.15, 0.2) is 36.4 Å². The Labute approximate surface area is 170 Å². The molecular formula is C20H20F3NO6. The van der Waals surface area contributed by atoms with Crippen molar-refractivity contribution in [3.05, 3.63) is 47.5 Å². The fourth-order valence-corrected chi connectivity index (χ4v) is 2.56. The zero-order chi connectivity index (χ0) is 22.5. The van der Waals surface area contributed by atoms with E-state index >= 15 is 0 Å². The molecule has 10 heteroatoms. The van der Waals surface area contributed by atoms with E-state index in [9.17, 15) is 22.8 Å². The van der Waals surface area contributed by atoms with Crippen LogP contribution in [0.2, 0.25) is 0 Å². The Hall–Kier alpha value is -3.43. The van der Waals surface area contributed by atoms with E-state index in [1.54, 1.807) is 0 Å². The lowest BCUT2D eigenvalue weighted by molar-refractivity contribution is -0.137. The van der Waals surface area contributed by atoms with Gasteiger partial charge in [0.05, 0.1) is 26.9 Å². The average Bonchev–Trinajstić information content (AvgIpc) is 2.71. The smallest absolute Gasteiger partial charge is 0.416 e. The fraction of sp³-hybridized carbons (Fsp3) is 0.300. The topological polar surface area (TPSA) is 83.1 Å². The molecule has 1 atom stereocenters. The number of alkyl halides is 3.